The van der Waals surface area contributed by atoms with E-state index in [1.54, 1.807) is 0 Å². The average molecular weight is 581 g/mol. The minimum Gasteiger partial charge on any atom is -0.394 e. The summed E-state index contributed by atoms with van der Waals surface area (Å²) >= 11 is 4.84. The molecule has 0 fully saturated rings. The second-order valence-corrected chi connectivity index (χ2v) is 8.95. The van der Waals surface area contributed by atoms with E-state index < -0.39 is 11.7 Å². The summed E-state index contributed by atoms with van der Waals surface area (Å²) in [7, 11) is 0. The Morgan fingerprint density at radius 1 is 1.08 bits per heavy atom. The highest BCUT2D eigenvalue weighted by Gasteiger charge is 2.16. The molecule has 0 atom stereocenters. The van der Waals surface area contributed by atoms with Crippen LogP contribution in [-0.4, -0.2) is 60.6 Å². The number of rotatable bonds is 15. The van der Waals surface area contributed by atoms with Gasteiger partial charge in [0, 0.05) is 23.3 Å². The SMILES string of the molecule is NC(=O)c1c(F)cccc1Nc1nc(Nc2ccc(SNCCOCCOCCO)cc2)ncc1Br. The smallest absolute Gasteiger partial charge is 0.253 e. The molecule has 0 saturated heterocycles. The number of nitrogens with two attached hydrogens (primary N) is 1. The molecule has 6 N–H and O–H groups in total. The first-order valence-electron chi connectivity index (χ1n) is 10.9. The van der Waals surface area contributed by atoms with E-state index in [9.17, 15) is 9.18 Å². The number of nitrogens with one attached hydrogen (secondary N) is 3. The molecule has 3 aromatic rings. The van der Waals surface area contributed by atoms with Crippen LogP contribution in [0.4, 0.5) is 27.5 Å². The fraction of sp³-hybridized carbons (Fsp3) is 0.261. The molecule has 10 nitrogen and oxygen atoms in total. The van der Waals surface area contributed by atoms with Gasteiger partial charge in [-0.05, 0) is 64.3 Å². The van der Waals surface area contributed by atoms with Crippen LogP contribution < -0.4 is 21.1 Å². The standard InChI is InChI=1S/C23H26BrFN6O4S/c24-17-14-27-23(31-22(17)30-19-3-1-2-18(25)20(19)21(26)33)29-15-4-6-16(7-5-15)36-28-8-10-34-12-13-35-11-9-32/h1-7,14,28,32H,8-13H2,(H2,26,33)(H2,27,29,30,31). The Bertz CT molecular complexity index is 1140. The van der Waals surface area contributed by atoms with Crippen LogP contribution in [0.15, 0.2) is 58.0 Å². The molecule has 0 unspecified atom stereocenters. The Labute approximate surface area is 220 Å². The second kappa shape index (κ2) is 14.7. The first-order valence-corrected chi connectivity index (χ1v) is 12.5. The summed E-state index contributed by atoms with van der Waals surface area (Å²) in [6.45, 7) is 2.48. The third kappa shape index (κ3) is 8.69. The van der Waals surface area contributed by atoms with Crippen molar-refractivity contribution in [3.8, 4) is 0 Å². The van der Waals surface area contributed by atoms with Gasteiger partial charge in [0.15, 0.2) is 0 Å². The number of anilines is 4. The highest BCUT2D eigenvalue weighted by Crippen LogP contribution is 2.28. The lowest BCUT2D eigenvalue weighted by molar-refractivity contribution is 0.0349. The number of ether oxygens (including phenoxy) is 2. The third-order valence-electron chi connectivity index (χ3n) is 4.51. The van der Waals surface area contributed by atoms with Crippen LogP contribution in [0.25, 0.3) is 0 Å². The van der Waals surface area contributed by atoms with E-state index in [0.717, 1.165) is 16.6 Å². The van der Waals surface area contributed by atoms with Gasteiger partial charge in [-0.3, -0.25) is 9.52 Å². The Balaban J connectivity index is 1.51. The number of halogens is 2. The summed E-state index contributed by atoms with van der Waals surface area (Å²) in [5, 5.41) is 14.7. The number of benzene rings is 2. The highest BCUT2D eigenvalue weighted by atomic mass is 79.9. The molecule has 0 radical (unpaired) electrons. The van der Waals surface area contributed by atoms with E-state index in [2.05, 4.69) is 41.3 Å². The number of aliphatic hydroxyl groups is 1. The lowest BCUT2D eigenvalue weighted by Gasteiger charge is -2.13. The molecular weight excluding hydrogens is 555 g/mol. The summed E-state index contributed by atoms with van der Waals surface area (Å²) in [5.74, 6) is -0.974. The number of carbonyl (C=O) groups is 1. The molecule has 36 heavy (non-hydrogen) atoms. The minimum absolute atomic E-state index is 0.0106. The quantitative estimate of drug-likeness (QED) is 0.133. The molecule has 0 spiro atoms. The zero-order valence-corrected chi connectivity index (χ0v) is 21.6. The predicted octanol–water partition coefficient (Wildman–Crippen LogP) is 3.59. The Morgan fingerprint density at radius 2 is 1.83 bits per heavy atom. The molecule has 0 aliphatic rings. The van der Waals surface area contributed by atoms with Crippen LogP contribution in [0.2, 0.25) is 0 Å². The van der Waals surface area contributed by atoms with Crippen molar-refractivity contribution in [3.63, 3.8) is 0 Å². The van der Waals surface area contributed by atoms with Crippen LogP contribution in [0, 0.1) is 5.82 Å². The zero-order valence-electron chi connectivity index (χ0n) is 19.2. The number of amides is 1. The van der Waals surface area contributed by atoms with Gasteiger partial charge in [-0.15, -0.1) is 0 Å². The van der Waals surface area contributed by atoms with Gasteiger partial charge in [-0.25, -0.2) is 9.37 Å². The van der Waals surface area contributed by atoms with E-state index in [-0.39, 0.29) is 17.9 Å². The molecule has 3 rings (SSSR count). The monoisotopic (exact) mass is 580 g/mol. The maximum atomic E-state index is 14.1. The average Bonchev–Trinajstić information content (AvgIpc) is 2.86. The molecule has 2 aromatic carbocycles. The van der Waals surface area contributed by atoms with Crippen LogP contribution >= 0.6 is 27.9 Å². The van der Waals surface area contributed by atoms with Crippen LogP contribution in [0.5, 0.6) is 0 Å². The van der Waals surface area contributed by atoms with Crippen LogP contribution in [-0.2, 0) is 9.47 Å². The first-order chi connectivity index (χ1) is 17.5. The van der Waals surface area contributed by atoms with E-state index in [1.807, 2.05) is 24.3 Å². The molecule has 0 bridgehead atoms. The maximum absolute atomic E-state index is 14.1. The van der Waals surface area contributed by atoms with Gasteiger partial charge in [0.25, 0.3) is 5.91 Å². The van der Waals surface area contributed by atoms with Crippen molar-refractivity contribution < 1.29 is 23.8 Å². The molecule has 0 aliphatic heterocycles. The Morgan fingerprint density at radius 3 is 2.56 bits per heavy atom. The number of aromatic nitrogens is 2. The molecule has 0 saturated carbocycles. The van der Waals surface area contributed by atoms with Crippen LogP contribution in [0.1, 0.15) is 10.4 Å². The van der Waals surface area contributed by atoms with Crippen molar-refractivity contribution in [1.29, 1.82) is 0 Å². The minimum atomic E-state index is -0.886. The molecule has 13 heteroatoms. The number of nitrogens with zero attached hydrogens (tertiary/aromatic N) is 2. The molecular formula is C23H26BrFN6O4S. The summed E-state index contributed by atoms with van der Waals surface area (Å²) in [5.41, 5.74) is 6.03. The third-order valence-corrected chi connectivity index (χ3v) is 5.95. The molecule has 192 valence electrons. The van der Waals surface area contributed by atoms with Crippen molar-refractivity contribution in [3.05, 3.63) is 64.5 Å². The van der Waals surface area contributed by atoms with Gasteiger partial charge in [0.1, 0.15) is 11.6 Å². The maximum Gasteiger partial charge on any atom is 0.253 e. The zero-order chi connectivity index (χ0) is 25.8. The van der Waals surface area contributed by atoms with Crippen molar-refractivity contribution in [2.45, 2.75) is 4.90 Å². The largest absolute Gasteiger partial charge is 0.394 e. The Kier molecular flexibility index (Phi) is 11.3. The lowest BCUT2D eigenvalue weighted by atomic mass is 10.1. The number of aliphatic hydroxyl groups excluding tert-OH is 1. The summed E-state index contributed by atoms with van der Waals surface area (Å²) in [4.78, 5) is 21.3. The summed E-state index contributed by atoms with van der Waals surface area (Å²) in [6, 6.07) is 11.8. The second-order valence-electron chi connectivity index (χ2n) is 7.14. The van der Waals surface area contributed by atoms with Gasteiger partial charge >= 0.3 is 0 Å². The van der Waals surface area contributed by atoms with Gasteiger partial charge < -0.3 is 30.9 Å². The van der Waals surface area contributed by atoms with E-state index in [1.165, 1.54) is 30.3 Å². The van der Waals surface area contributed by atoms with Gasteiger partial charge in [0.05, 0.1) is 48.8 Å². The Hall–Kier alpha value is -2.81. The normalized spacial score (nSPS) is 10.9. The summed E-state index contributed by atoms with van der Waals surface area (Å²) < 4.78 is 28.4. The number of hydrogen-bond acceptors (Lipinski definition) is 10. The molecule has 1 heterocycles. The van der Waals surface area contributed by atoms with E-state index in [4.69, 9.17) is 20.3 Å². The van der Waals surface area contributed by atoms with Crippen LogP contribution in [0.3, 0.4) is 0 Å². The van der Waals surface area contributed by atoms with E-state index in [0.29, 0.717) is 49.2 Å². The van der Waals surface area contributed by atoms with Crippen molar-refractivity contribution in [1.82, 2.24) is 14.7 Å². The fourth-order valence-electron chi connectivity index (χ4n) is 2.89. The van der Waals surface area contributed by atoms with Crippen molar-refractivity contribution in [2.24, 2.45) is 5.73 Å². The summed E-state index contributed by atoms with van der Waals surface area (Å²) in [6.07, 6.45) is 1.54. The predicted molar refractivity (Wildman–Crippen MR) is 140 cm³/mol. The highest BCUT2D eigenvalue weighted by molar-refractivity contribution is 9.10. The van der Waals surface area contributed by atoms with Crippen molar-refractivity contribution in [2.75, 3.05) is 50.2 Å². The van der Waals surface area contributed by atoms with E-state index >= 15 is 0 Å². The number of hydrogen-bond donors (Lipinski definition) is 5. The number of primary amides is 1. The number of carbonyl (C=O) groups excluding carboxylic acids is 1. The van der Waals surface area contributed by atoms with Gasteiger partial charge in [-0.1, -0.05) is 6.07 Å². The molecule has 1 aromatic heterocycles. The van der Waals surface area contributed by atoms with Crippen molar-refractivity contribution >= 4 is 56.9 Å². The lowest BCUT2D eigenvalue weighted by Crippen LogP contribution is -2.16. The fourth-order valence-corrected chi connectivity index (χ4v) is 3.81. The first kappa shape index (κ1) is 27.8. The molecule has 1 amide bonds. The van der Waals surface area contributed by atoms with Gasteiger partial charge in [-0.2, -0.15) is 4.98 Å². The topological polar surface area (TPSA) is 144 Å². The molecule has 0 aliphatic carbocycles. The van der Waals surface area contributed by atoms with Gasteiger partial charge in [0.2, 0.25) is 5.95 Å².